The van der Waals surface area contributed by atoms with Gasteiger partial charge in [0.15, 0.2) is 0 Å². The van der Waals surface area contributed by atoms with Gasteiger partial charge in [-0.2, -0.15) is 0 Å². The third-order valence-electron chi connectivity index (χ3n) is 5.31. The van der Waals surface area contributed by atoms with Crippen LogP contribution < -0.4 is 10.9 Å². The summed E-state index contributed by atoms with van der Waals surface area (Å²) < 4.78 is 13.6. The van der Waals surface area contributed by atoms with E-state index in [0.29, 0.717) is 36.1 Å². The molecular weight excluding hydrogens is 357 g/mol. The average molecular weight is 379 g/mol. The van der Waals surface area contributed by atoms with E-state index in [9.17, 15) is 14.0 Å². The molecule has 1 saturated heterocycles. The van der Waals surface area contributed by atoms with E-state index in [1.54, 1.807) is 11.0 Å². The lowest BCUT2D eigenvalue weighted by Gasteiger charge is -2.37. The van der Waals surface area contributed by atoms with Crippen molar-refractivity contribution in [1.82, 2.24) is 15.2 Å². The van der Waals surface area contributed by atoms with Gasteiger partial charge in [-0.05, 0) is 35.7 Å². The van der Waals surface area contributed by atoms with E-state index in [1.807, 2.05) is 0 Å². The van der Waals surface area contributed by atoms with Crippen molar-refractivity contribution in [1.29, 1.82) is 0 Å². The number of carbonyl (C=O) groups is 1. The first kappa shape index (κ1) is 18.4. The molecule has 0 saturated carbocycles. The Kier molecular flexibility index (Phi) is 4.96. The zero-order valence-corrected chi connectivity index (χ0v) is 15.7. The highest BCUT2D eigenvalue weighted by Gasteiger charge is 2.29. The number of rotatable bonds is 3. The Morgan fingerprint density at radius 2 is 1.96 bits per heavy atom. The summed E-state index contributed by atoms with van der Waals surface area (Å²) >= 11 is 0. The van der Waals surface area contributed by atoms with Gasteiger partial charge in [-0.25, -0.2) is 4.39 Å². The third kappa shape index (κ3) is 3.43. The number of nitrogens with zero attached hydrogens (tertiary/aromatic N) is 1. The molecule has 1 unspecified atom stereocenters. The van der Waals surface area contributed by atoms with Crippen LogP contribution in [0.3, 0.4) is 0 Å². The van der Waals surface area contributed by atoms with Crippen molar-refractivity contribution >= 4 is 16.8 Å². The molecule has 1 aliphatic rings. The van der Waals surface area contributed by atoms with Crippen LogP contribution in [0.2, 0.25) is 0 Å². The average Bonchev–Trinajstić information content (AvgIpc) is 2.72. The van der Waals surface area contributed by atoms with E-state index in [1.165, 1.54) is 23.8 Å². The smallest absolute Gasteiger partial charge is 0.255 e. The van der Waals surface area contributed by atoms with Crippen molar-refractivity contribution in [2.45, 2.75) is 19.4 Å². The fourth-order valence-corrected chi connectivity index (χ4v) is 3.78. The number of benzene rings is 2. The Morgan fingerprint density at radius 3 is 2.71 bits per heavy atom. The van der Waals surface area contributed by atoms with Gasteiger partial charge in [0.05, 0.1) is 17.1 Å². The number of piperazine rings is 1. The molecule has 0 spiro atoms. The number of aryl methyl sites for hydroxylation is 1. The molecule has 0 radical (unpaired) electrons. The van der Waals surface area contributed by atoms with Gasteiger partial charge in [0.1, 0.15) is 5.82 Å². The number of aromatic amines is 1. The zero-order valence-electron chi connectivity index (χ0n) is 15.7. The summed E-state index contributed by atoms with van der Waals surface area (Å²) in [4.78, 5) is 29.9. The number of pyridine rings is 1. The van der Waals surface area contributed by atoms with E-state index < -0.39 is 11.4 Å². The molecule has 2 N–H and O–H groups in total. The molecule has 3 aromatic rings. The van der Waals surface area contributed by atoms with Crippen LogP contribution in [-0.2, 0) is 6.42 Å². The van der Waals surface area contributed by atoms with Gasteiger partial charge < -0.3 is 15.2 Å². The van der Waals surface area contributed by atoms with Crippen LogP contribution in [0, 0.1) is 5.82 Å². The molecule has 0 aliphatic carbocycles. The van der Waals surface area contributed by atoms with Crippen molar-refractivity contribution < 1.29 is 9.18 Å². The molecule has 2 heterocycles. The minimum atomic E-state index is -0.455. The number of fused-ring (bicyclic) bond motifs is 1. The van der Waals surface area contributed by atoms with Gasteiger partial charge in [-0.15, -0.1) is 0 Å². The first-order valence-electron chi connectivity index (χ1n) is 9.50. The number of amides is 1. The Morgan fingerprint density at radius 1 is 1.18 bits per heavy atom. The number of hydrogen-bond acceptors (Lipinski definition) is 3. The van der Waals surface area contributed by atoms with Gasteiger partial charge in [0.2, 0.25) is 5.56 Å². The molecule has 1 fully saturated rings. The topological polar surface area (TPSA) is 65.2 Å². The van der Waals surface area contributed by atoms with Crippen LogP contribution >= 0.6 is 0 Å². The molecule has 1 aromatic heterocycles. The van der Waals surface area contributed by atoms with Crippen molar-refractivity contribution in [2.24, 2.45) is 0 Å². The normalized spacial score (nSPS) is 17.1. The van der Waals surface area contributed by atoms with E-state index in [2.05, 4.69) is 41.5 Å². The fourth-order valence-electron chi connectivity index (χ4n) is 3.78. The quantitative estimate of drug-likeness (QED) is 0.735. The largest absolute Gasteiger partial charge is 0.329 e. The van der Waals surface area contributed by atoms with Crippen LogP contribution in [0.15, 0.2) is 53.3 Å². The lowest BCUT2D eigenvalue weighted by Crippen LogP contribution is -2.48. The number of aromatic nitrogens is 1. The van der Waals surface area contributed by atoms with Crippen molar-refractivity contribution in [3.63, 3.8) is 0 Å². The molecule has 144 valence electrons. The second-order valence-electron chi connectivity index (χ2n) is 7.05. The van der Waals surface area contributed by atoms with Crippen molar-refractivity contribution in [3.05, 3.63) is 81.4 Å². The second kappa shape index (κ2) is 7.56. The van der Waals surface area contributed by atoms with Crippen LogP contribution in [0.5, 0.6) is 0 Å². The predicted molar refractivity (Wildman–Crippen MR) is 107 cm³/mol. The summed E-state index contributed by atoms with van der Waals surface area (Å²) in [6.45, 7) is 3.97. The first-order chi connectivity index (χ1) is 13.6. The summed E-state index contributed by atoms with van der Waals surface area (Å²) in [5.74, 6) is -0.669. The van der Waals surface area contributed by atoms with Gasteiger partial charge in [-0.1, -0.05) is 31.2 Å². The minimum absolute atomic E-state index is 0.123. The van der Waals surface area contributed by atoms with Crippen molar-refractivity contribution in [2.75, 3.05) is 19.6 Å². The van der Waals surface area contributed by atoms with E-state index >= 15 is 0 Å². The van der Waals surface area contributed by atoms with E-state index in [0.717, 1.165) is 12.0 Å². The standard InChI is InChI=1S/C22H22FN3O2/c1-2-14-3-5-15(6-4-14)20-13-24-9-10-26(20)22(28)18-12-21(27)25-19-11-16(23)7-8-17(18)19/h3-8,11-12,20,24H,2,9-10,13H2,1H3,(H,25,27). The maximum atomic E-state index is 13.6. The van der Waals surface area contributed by atoms with Gasteiger partial charge >= 0.3 is 0 Å². The van der Waals surface area contributed by atoms with E-state index in [-0.39, 0.29) is 11.9 Å². The maximum absolute atomic E-state index is 13.6. The summed E-state index contributed by atoms with van der Waals surface area (Å²) in [5, 5.41) is 3.89. The highest BCUT2D eigenvalue weighted by atomic mass is 19.1. The van der Waals surface area contributed by atoms with Gasteiger partial charge in [0, 0.05) is 31.1 Å². The summed E-state index contributed by atoms with van der Waals surface area (Å²) in [7, 11) is 0. The molecule has 1 aliphatic heterocycles. The molecule has 4 rings (SSSR count). The molecule has 2 aromatic carbocycles. The summed E-state index contributed by atoms with van der Waals surface area (Å²) in [6, 6.07) is 13.5. The predicted octanol–water partition coefficient (Wildman–Crippen LogP) is 3.02. The fraction of sp³-hybridized carbons (Fsp3) is 0.273. The third-order valence-corrected chi connectivity index (χ3v) is 5.31. The maximum Gasteiger partial charge on any atom is 0.255 e. The van der Waals surface area contributed by atoms with Gasteiger partial charge in [-0.3, -0.25) is 9.59 Å². The molecule has 5 nitrogen and oxygen atoms in total. The molecule has 6 heteroatoms. The first-order valence-corrected chi connectivity index (χ1v) is 9.50. The van der Waals surface area contributed by atoms with Crippen LogP contribution in [0.25, 0.3) is 10.9 Å². The molecule has 1 atom stereocenters. The highest BCUT2D eigenvalue weighted by molar-refractivity contribution is 6.06. The molecular formula is C22H22FN3O2. The van der Waals surface area contributed by atoms with Crippen LogP contribution in [0.1, 0.15) is 34.5 Å². The number of nitrogens with one attached hydrogen (secondary N) is 2. The minimum Gasteiger partial charge on any atom is -0.329 e. The number of H-pyrrole nitrogens is 1. The Hall–Kier alpha value is -2.99. The number of hydrogen-bond donors (Lipinski definition) is 2. The molecule has 1 amide bonds. The Balaban J connectivity index is 1.75. The SMILES string of the molecule is CCc1ccc(C2CNCCN2C(=O)c2cc(=O)[nH]c3cc(F)ccc23)cc1. The number of halogens is 1. The molecule has 28 heavy (non-hydrogen) atoms. The van der Waals surface area contributed by atoms with E-state index in [4.69, 9.17) is 0 Å². The molecule has 0 bridgehead atoms. The lowest BCUT2D eigenvalue weighted by atomic mass is 9.99. The Bertz CT molecular complexity index is 1080. The second-order valence-corrected chi connectivity index (χ2v) is 7.05. The van der Waals surface area contributed by atoms with Gasteiger partial charge in [0.25, 0.3) is 5.91 Å². The monoisotopic (exact) mass is 379 g/mol. The highest BCUT2D eigenvalue weighted by Crippen LogP contribution is 2.26. The summed E-state index contributed by atoms with van der Waals surface area (Å²) in [5.41, 5.74) is 2.51. The van der Waals surface area contributed by atoms with Crippen LogP contribution in [0.4, 0.5) is 4.39 Å². The summed E-state index contributed by atoms with van der Waals surface area (Å²) in [6.07, 6.45) is 0.960. The lowest BCUT2D eigenvalue weighted by molar-refractivity contribution is 0.0636. The zero-order chi connectivity index (χ0) is 19.7. The van der Waals surface area contributed by atoms with Crippen LogP contribution in [-0.4, -0.2) is 35.4 Å². The van der Waals surface area contributed by atoms with Crippen molar-refractivity contribution in [3.8, 4) is 0 Å². The Labute approximate surface area is 162 Å². The number of carbonyl (C=O) groups excluding carboxylic acids is 1.